The van der Waals surface area contributed by atoms with Crippen LogP contribution in [0.1, 0.15) is 40.3 Å². The van der Waals surface area contributed by atoms with Gasteiger partial charge in [-0.1, -0.05) is 0 Å². The molecule has 0 bridgehead atoms. The van der Waals surface area contributed by atoms with Gasteiger partial charge in [0.15, 0.2) is 5.76 Å². The van der Waals surface area contributed by atoms with Crippen molar-refractivity contribution in [2.24, 2.45) is 0 Å². The average molecular weight is 354 g/mol. The minimum atomic E-state index is 0.104. The number of aryl methyl sites for hydroxylation is 1. The molecule has 0 aromatic carbocycles. The van der Waals surface area contributed by atoms with Crippen LogP contribution < -0.4 is 4.90 Å². The summed E-state index contributed by atoms with van der Waals surface area (Å²) in [6.07, 6.45) is 3.37. The normalized spacial score (nSPS) is 24.2. The van der Waals surface area contributed by atoms with Gasteiger partial charge in [0, 0.05) is 29.1 Å². The molecule has 2 aliphatic heterocycles. The van der Waals surface area contributed by atoms with E-state index in [9.17, 15) is 4.79 Å². The fourth-order valence-electron chi connectivity index (χ4n) is 4.04. The third-order valence-corrected chi connectivity index (χ3v) is 8.89. The van der Waals surface area contributed by atoms with Gasteiger partial charge in [-0.15, -0.1) is 23.5 Å². The van der Waals surface area contributed by atoms with Gasteiger partial charge in [0.1, 0.15) is 5.76 Å². The SMILES string of the molecule is Cc1c(C(=O)N2CC[NH+](C)CC2)oc2c1C1(CCC2)SCCS1. The van der Waals surface area contributed by atoms with Crippen molar-refractivity contribution in [3.05, 3.63) is 22.6 Å². The number of hydrogen-bond acceptors (Lipinski definition) is 4. The zero-order valence-corrected chi connectivity index (χ0v) is 15.6. The van der Waals surface area contributed by atoms with E-state index in [-0.39, 0.29) is 9.99 Å². The topological polar surface area (TPSA) is 37.9 Å². The lowest BCUT2D eigenvalue weighted by molar-refractivity contribution is -0.883. The summed E-state index contributed by atoms with van der Waals surface area (Å²) in [5.41, 5.74) is 2.46. The van der Waals surface area contributed by atoms with Gasteiger partial charge in [0.2, 0.25) is 0 Å². The molecule has 0 radical (unpaired) electrons. The Morgan fingerprint density at radius 2 is 1.96 bits per heavy atom. The maximum absolute atomic E-state index is 13.0. The number of fused-ring (bicyclic) bond motifs is 2. The van der Waals surface area contributed by atoms with Crippen molar-refractivity contribution in [1.82, 2.24) is 4.90 Å². The molecule has 2 saturated heterocycles. The summed E-state index contributed by atoms with van der Waals surface area (Å²) in [6, 6.07) is 0. The number of nitrogens with one attached hydrogen (secondary N) is 1. The maximum atomic E-state index is 13.0. The lowest BCUT2D eigenvalue weighted by Crippen LogP contribution is -3.12. The molecule has 1 N–H and O–H groups in total. The van der Waals surface area contributed by atoms with E-state index in [2.05, 4.69) is 37.5 Å². The minimum Gasteiger partial charge on any atom is -0.455 e. The van der Waals surface area contributed by atoms with Crippen molar-refractivity contribution in [1.29, 1.82) is 0 Å². The number of amides is 1. The van der Waals surface area contributed by atoms with E-state index in [1.807, 2.05) is 4.90 Å². The molecule has 4 nitrogen and oxygen atoms in total. The standard InChI is InChI=1S/C17H24N2O2S2/c1-12-14-13(4-3-5-17(14)22-10-11-23-17)21-15(12)16(20)19-8-6-18(2)7-9-19/h3-11H2,1-2H3/p+1. The molecule has 23 heavy (non-hydrogen) atoms. The first-order chi connectivity index (χ1) is 11.1. The van der Waals surface area contributed by atoms with Crippen LogP contribution in [0.5, 0.6) is 0 Å². The highest BCUT2D eigenvalue weighted by Crippen LogP contribution is 2.59. The lowest BCUT2D eigenvalue weighted by Gasteiger charge is -2.32. The van der Waals surface area contributed by atoms with E-state index in [0.717, 1.165) is 43.9 Å². The molecule has 0 unspecified atom stereocenters. The predicted octanol–water partition coefficient (Wildman–Crippen LogP) is 1.53. The van der Waals surface area contributed by atoms with E-state index in [0.29, 0.717) is 5.76 Å². The molecule has 1 spiro atoms. The van der Waals surface area contributed by atoms with Gasteiger partial charge in [-0.3, -0.25) is 4.79 Å². The van der Waals surface area contributed by atoms with Crippen LogP contribution in [0, 0.1) is 6.92 Å². The van der Waals surface area contributed by atoms with Crippen LogP contribution in [0.4, 0.5) is 0 Å². The molecule has 4 rings (SSSR count). The fourth-order valence-corrected chi connectivity index (χ4v) is 7.60. The van der Waals surface area contributed by atoms with Gasteiger partial charge < -0.3 is 14.2 Å². The van der Waals surface area contributed by atoms with Gasteiger partial charge in [-0.2, -0.15) is 0 Å². The van der Waals surface area contributed by atoms with Crippen LogP contribution in [-0.2, 0) is 10.5 Å². The Morgan fingerprint density at radius 3 is 2.65 bits per heavy atom. The number of likely N-dealkylation sites (N-methyl/N-ethyl adjacent to an activating group) is 1. The van der Waals surface area contributed by atoms with E-state index in [1.165, 1.54) is 34.8 Å². The van der Waals surface area contributed by atoms with E-state index >= 15 is 0 Å². The number of furan rings is 1. The summed E-state index contributed by atoms with van der Waals surface area (Å²) >= 11 is 4.12. The maximum Gasteiger partial charge on any atom is 0.290 e. The van der Waals surface area contributed by atoms with Crippen LogP contribution >= 0.6 is 23.5 Å². The van der Waals surface area contributed by atoms with Gasteiger partial charge in [-0.05, 0) is 19.8 Å². The second kappa shape index (κ2) is 6.05. The second-order valence-corrected chi connectivity index (χ2v) is 9.95. The Morgan fingerprint density at radius 1 is 1.26 bits per heavy atom. The summed E-state index contributed by atoms with van der Waals surface area (Å²) in [5, 5.41) is 0. The highest BCUT2D eigenvalue weighted by molar-refractivity contribution is 8.20. The summed E-state index contributed by atoms with van der Waals surface area (Å²) < 4.78 is 6.30. The Hall–Kier alpha value is -0.590. The van der Waals surface area contributed by atoms with Crippen molar-refractivity contribution in [2.45, 2.75) is 30.3 Å². The van der Waals surface area contributed by atoms with E-state index in [1.54, 1.807) is 0 Å². The first kappa shape index (κ1) is 15.9. The summed E-state index contributed by atoms with van der Waals surface area (Å²) in [7, 11) is 2.19. The van der Waals surface area contributed by atoms with Crippen molar-refractivity contribution in [2.75, 3.05) is 44.7 Å². The molecule has 0 atom stereocenters. The second-order valence-electron chi connectivity index (χ2n) is 6.91. The summed E-state index contributed by atoms with van der Waals surface area (Å²) in [4.78, 5) is 16.4. The molecule has 1 aliphatic carbocycles. The number of quaternary nitrogens is 1. The Kier molecular flexibility index (Phi) is 4.18. The quantitative estimate of drug-likeness (QED) is 0.831. The van der Waals surface area contributed by atoms with Gasteiger partial charge in [0.25, 0.3) is 5.91 Å². The smallest absolute Gasteiger partial charge is 0.290 e. The minimum absolute atomic E-state index is 0.104. The van der Waals surface area contributed by atoms with Crippen LogP contribution in [0.3, 0.4) is 0 Å². The van der Waals surface area contributed by atoms with Crippen LogP contribution in [0.15, 0.2) is 4.42 Å². The Bertz CT molecular complexity index is 614. The molecule has 6 heteroatoms. The fraction of sp³-hybridized carbons (Fsp3) is 0.706. The van der Waals surface area contributed by atoms with Crippen LogP contribution in [0.2, 0.25) is 0 Å². The number of rotatable bonds is 1. The highest BCUT2D eigenvalue weighted by atomic mass is 32.2. The van der Waals surface area contributed by atoms with Crippen LogP contribution in [0.25, 0.3) is 0 Å². The molecule has 1 amide bonds. The average Bonchev–Trinajstić information content (AvgIpc) is 3.14. The van der Waals surface area contributed by atoms with E-state index < -0.39 is 0 Å². The Labute approximate surface area is 146 Å². The summed E-state index contributed by atoms with van der Waals surface area (Å²) in [6.45, 7) is 5.83. The molecule has 126 valence electrons. The molecular weight excluding hydrogens is 328 g/mol. The number of nitrogens with zero attached hydrogens (tertiary/aromatic N) is 1. The third-order valence-electron chi connectivity index (χ3n) is 5.36. The van der Waals surface area contributed by atoms with Crippen molar-refractivity contribution >= 4 is 29.4 Å². The number of thioether (sulfide) groups is 2. The molecule has 2 fully saturated rings. The molecule has 1 aromatic heterocycles. The van der Waals surface area contributed by atoms with Crippen LogP contribution in [-0.4, -0.2) is 55.5 Å². The molecule has 3 aliphatic rings. The monoisotopic (exact) mass is 353 g/mol. The molecule has 3 heterocycles. The number of carbonyl (C=O) groups is 1. The molecular formula is C17H25N2O2S2+. The number of carbonyl (C=O) groups excluding carboxylic acids is 1. The third kappa shape index (κ3) is 2.63. The van der Waals surface area contributed by atoms with E-state index in [4.69, 9.17) is 4.42 Å². The highest BCUT2D eigenvalue weighted by Gasteiger charge is 2.45. The predicted molar refractivity (Wildman–Crippen MR) is 95.5 cm³/mol. The zero-order valence-electron chi connectivity index (χ0n) is 13.9. The Balaban J connectivity index is 1.66. The number of hydrogen-bond donors (Lipinski definition) is 1. The van der Waals surface area contributed by atoms with Crippen molar-refractivity contribution in [3.8, 4) is 0 Å². The molecule has 0 saturated carbocycles. The van der Waals surface area contributed by atoms with Gasteiger partial charge in [-0.25, -0.2) is 0 Å². The summed E-state index contributed by atoms with van der Waals surface area (Å²) in [5.74, 6) is 4.22. The largest absolute Gasteiger partial charge is 0.455 e. The zero-order chi connectivity index (χ0) is 16.0. The van der Waals surface area contributed by atoms with Crippen molar-refractivity contribution < 1.29 is 14.1 Å². The van der Waals surface area contributed by atoms with Gasteiger partial charge >= 0.3 is 0 Å². The first-order valence-electron chi connectivity index (χ1n) is 8.62. The van der Waals surface area contributed by atoms with Gasteiger partial charge in [0.05, 0.1) is 37.3 Å². The molecule has 1 aromatic rings. The first-order valence-corrected chi connectivity index (χ1v) is 10.6. The lowest BCUT2D eigenvalue weighted by atomic mass is 9.94. The number of piperazine rings is 1. The van der Waals surface area contributed by atoms with Crippen molar-refractivity contribution in [3.63, 3.8) is 0 Å².